The molecule has 1 atom stereocenters. The number of fused-ring (bicyclic) bond motifs is 1. The van der Waals surface area contributed by atoms with Gasteiger partial charge in [0.1, 0.15) is 11.5 Å². The molecule has 0 aliphatic carbocycles. The smallest absolute Gasteiger partial charge is 0.301 e. The minimum Gasteiger partial charge on any atom is -0.507 e. The minimum atomic E-state index is -0.854. The zero-order chi connectivity index (χ0) is 25.6. The summed E-state index contributed by atoms with van der Waals surface area (Å²) in [4.78, 5) is 35.0. The molecular weight excluding hydrogens is 474 g/mol. The first-order valence-electron chi connectivity index (χ1n) is 11.4. The summed E-state index contributed by atoms with van der Waals surface area (Å²) >= 11 is 1.34. The second-order valence-electron chi connectivity index (χ2n) is 8.82. The van der Waals surface area contributed by atoms with E-state index >= 15 is 0 Å². The molecule has 8 heteroatoms. The summed E-state index contributed by atoms with van der Waals surface area (Å²) in [7, 11) is 5.36. The van der Waals surface area contributed by atoms with E-state index in [1.54, 1.807) is 24.3 Å². The average Bonchev–Trinajstić information content (AvgIpc) is 3.41. The van der Waals surface area contributed by atoms with Crippen molar-refractivity contribution in [1.82, 2.24) is 4.98 Å². The summed E-state index contributed by atoms with van der Waals surface area (Å²) in [6, 6.07) is 19.4. The molecule has 0 radical (unpaired) electrons. The molecule has 1 aromatic heterocycles. The van der Waals surface area contributed by atoms with Gasteiger partial charge in [0.2, 0.25) is 0 Å². The van der Waals surface area contributed by atoms with Crippen molar-refractivity contribution in [3.05, 3.63) is 89.0 Å². The Morgan fingerprint density at radius 1 is 1.06 bits per heavy atom. The van der Waals surface area contributed by atoms with Gasteiger partial charge in [-0.25, -0.2) is 4.98 Å². The normalized spacial score (nSPS) is 17.1. The molecule has 0 saturated carbocycles. The monoisotopic (exact) mass is 499 g/mol. The highest BCUT2D eigenvalue weighted by Gasteiger charge is 2.48. The van der Waals surface area contributed by atoms with Crippen LogP contribution in [0.15, 0.2) is 72.3 Å². The molecule has 1 N–H and O–H groups in total. The van der Waals surface area contributed by atoms with Gasteiger partial charge in [-0.15, -0.1) is 0 Å². The first kappa shape index (κ1) is 23.6. The van der Waals surface area contributed by atoms with Crippen LogP contribution in [0.25, 0.3) is 16.0 Å². The Morgan fingerprint density at radius 3 is 2.47 bits per heavy atom. The number of thiazole rings is 1. The molecule has 1 amide bonds. The van der Waals surface area contributed by atoms with E-state index in [1.165, 1.54) is 23.3 Å². The van der Waals surface area contributed by atoms with Gasteiger partial charge in [0.25, 0.3) is 5.78 Å². The fourth-order valence-electron chi connectivity index (χ4n) is 4.41. The predicted octanol–water partition coefficient (Wildman–Crippen LogP) is 5.31. The summed E-state index contributed by atoms with van der Waals surface area (Å²) in [6.07, 6.45) is 0. The van der Waals surface area contributed by atoms with Crippen molar-refractivity contribution in [3.63, 3.8) is 0 Å². The van der Waals surface area contributed by atoms with Crippen LogP contribution in [-0.2, 0) is 9.59 Å². The molecule has 1 fully saturated rings. The van der Waals surface area contributed by atoms with E-state index in [9.17, 15) is 14.7 Å². The van der Waals surface area contributed by atoms with Crippen molar-refractivity contribution in [1.29, 1.82) is 0 Å². The Balaban J connectivity index is 1.74. The van der Waals surface area contributed by atoms with E-state index in [4.69, 9.17) is 4.74 Å². The number of ether oxygens (including phenoxy) is 1. The molecule has 182 valence electrons. The molecular formula is C28H25N3O4S. The van der Waals surface area contributed by atoms with Crippen LogP contribution in [-0.4, -0.2) is 43.0 Å². The Kier molecular flexibility index (Phi) is 5.97. The number of aromatic nitrogens is 1. The quantitative estimate of drug-likeness (QED) is 0.228. The van der Waals surface area contributed by atoms with Crippen LogP contribution in [0.2, 0.25) is 0 Å². The lowest BCUT2D eigenvalue weighted by Gasteiger charge is -2.24. The van der Waals surface area contributed by atoms with Gasteiger partial charge in [-0.05, 0) is 54.4 Å². The van der Waals surface area contributed by atoms with Gasteiger partial charge in [0.05, 0.1) is 34.5 Å². The average molecular weight is 500 g/mol. The standard InChI is InChI=1S/C28H25N3O4S/c1-16-9-14-20-22(15-16)36-28(29-20)31-24(17-10-12-18(13-11-17)30(2)3)23(26(33)27(31)34)25(32)19-7-5-6-8-21(19)35-4/h5-15,24,32H,1-4H3/b25-23+. The third kappa shape index (κ3) is 3.89. The zero-order valence-electron chi connectivity index (χ0n) is 20.4. The lowest BCUT2D eigenvalue weighted by molar-refractivity contribution is -0.132. The van der Waals surface area contributed by atoms with Crippen molar-refractivity contribution in [2.24, 2.45) is 0 Å². The second kappa shape index (κ2) is 9.13. The van der Waals surface area contributed by atoms with Crippen molar-refractivity contribution in [2.75, 3.05) is 31.0 Å². The summed E-state index contributed by atoms with van der Waals surface area (Å²) < 4.78 is 6.33. The Morgan fingerprint density at radius 2 is 1.78 bits per heavy atom. The highest BCUT2D eigenvalue weighted by atomic mass is 32.1. The molecule has 0 bridgehead atoms. The number of aryl methyl sites for hydroxylation is 1. The van der Waals surface area contributed by atoms with Crippen LogP contribution in [0.4, 0.5) is 10.8 Å². The SMILES string of the molecule is COc1ccccc1/C(O)=C1\C(=O)C(=O)N(c2nc3ccc(C)cc3s2)C1c1ccc(N(C)C)cc1. The number of rotatable bonds is 5. The number of anilines is 2. The van der Waals surface area contributed by atoms with E-state index in [2.05, 4.69) is 4.98 Å². The number of ketones is 1. The number of hydrogen-bond donors (Lipinski definition) is 1. The zero-order valence-corrected chi connectivity index (χ0v) is 21.2. The summed E-state index contributed by atoms with van der Waals surface area (Å²) in [5.41, 5.74) is 3.81. The largest absolute Gasteiger partial charge is 0.507 e. The number of aliphatic hydroxyl groups excluding tert-OH is 1. The van der Waals surface area contributed by atoms with Crippen LogP contribution < -0.4 is 14.5 Å². The van der Waals surface area contributed by atoms with Crippen LogP contribution in [0.3, 0.4) is 0 Å². The van der Waals surface area contributed by atoms with Gasteiger partial charge >= 0.3 is 5.91 Å². The maximum absolute atomic E-state index is 13.5. The lowest BCUT2D eigenvalue weighted by atomic mass is 9.95. The third-order valence-electron chi connectivity index (χ3n) is 6.27. The van der Waals surface area contributed by atoms with Crippen molar-refractivity contribution < 1.29 is 19.4 Å². The summed E-state index contributed by atoms with van der Waals surface area (Å²) in [5, 5.41) is 11.8. The number of para-hydroxylation sites is 1. The lowest BCUT2D eigenvalue weighted by Crippen LogP contribution is -2.29. The second-order valence-corrected chi connectivity index (χ2v) is 9.83. The molecule has 2 heterocycles. The number of carbonyl (C=O) groups is 2. The third-order valence-corrected chi connectivity index (χ3v) is 7.29. The van der Waals surface area contributed by atoms with Gasteiger partial charge < -0.3 is 14.7 Å². The van der Waals surface area contributed by atoms with Gasteiger partial charge in [-0.3, -0.25) is 14.5 Å². The molecule has 3 aromatic carbocycles. The Labute approximate surface area is 212 Å². The van der Waals surface area contributed by atoms with Crippen LogP contribution >= 0.6 is 11.3 Å². The summed E-state index contributed by atoms with van der Waals surface area (Å²) in [5.74, 6) is -1.38. The summed E-state index contributed by atoms with van der Waals surface area (Å²) in [6.45, 7) is 1.99. The van der Waals surface area contributed by atoms with E-state index in [1.807, 2.05) is 68.4 Å². The number of benzene rings is 3. The van der Waals surface area contributed by atoms with E-state index in [0.29, 0.717) is 22.0 Å². The van der Waals surface area contributed by atoms with E-state index < -0.39 is 17.7 Å². The Bertz CT molecular complexity index is 1520. The van der Waals surface area contributed by atoms with E-state index in [0.717, 1.165) is 21.5 Å². The Hall–Kier alpha value is -4.17. The number of aliphatic hydroxyl groups is 1. The van der Waals surface area contributed by atoms with Crippen molar-refractivity contribution in [3.8, 4) is 5.75 Å². The predicted molar refractivity (Wildman–Crippen MR) is 143 cm³/mol. The highest BCUT2D eigenvalue weighted by molar-refractivity contribution is 7.22. The number of carbonyl (C=O) groups excluding carboxylic acids is 2. The molecule has 7 nitrogen and oxygen atoms in total. The van der Waals surface area contributed by atoms with Gasteiger partial charge in [-0.1, -0.05) is 41.7 Å². The van der Waals surface area contributed by atoms with Crippen molar-refractivity contribution >= 4 is 49.8 Å². The molecule has 36 heavy (non-hydrogen) atoms. The molecule has 1 unspecified atom stereocenters. The molecule has 1 aliphatic rings. The van der Waals surface area contributed by atoms with Gasteiger partial charge in [-0.2, -0.15) is 0 Å². The molecule has 0 spiro atoms. The fourth-order valence-corrected chi connectivity index (χ4v) is 5.50. The topological polar surface area (TPSA) is 83.0 Å². The first-order valence-corrected chi connectivity index (χ1v) is 12.2. The number of amides is 1. The number of Topliss-reactive ketones (excluding diaryl/α,β-unsaturated/α-hetero) is 1. The highest BCUT2D eigenvalue weighted by Crippen LogP contribution is 2.45. The van der Waals surface area contributed by atoms with Crippen LogP contribution in [0.5, 0.6) is 5.75 Å². The number of methoxy groups -OCH3 is 1. The molecule has 1 saturated heterocycles. The molecule has 4 aromatic rings. The number of nitrogens with zero attached hydrogens (tertiary/aromatic N) is 3. The van der Waals surface area contributed by atoms with Crippen LogP contribution in [0.1, 0.15) is 22.7 Å². The minimum absolute atomic E-state index is 0.00228. The molecule has 5 rings (SSSR count). The maximum Gasteiger partial charge on any atom is 0.301 e. The first-order chi connectivity index (χ1) is 17.3. The van der Waals surface area contributed by atoms with Crippen molar-refractivity contribution in [2.45, 2.75) is 13.0 Å². The van der Waals surface area contributed by atoms with E-state index in [-0.39, 0.29) is 11.3 Å². The number of hydrogen-bond acceptors (Lipinski definition) is 7. The van der Waals surface area contributed by atoms with Gasteiger partial charge in [0.15, 0.2) is 5.13 Å². The maximum atomic E-state index is 13.5. The fraction of sp³-hybridized carbons (Fsp3) is 0.179. The van der Waals surface area contributed by atoms with Crippen LogP contribution in [0, 0.1) is 6.92 Å². The van der Waals surface area contributed by atoms with Gasteiger partial charge in [0, 0.05) is 19.8 Å². The molecule has 1 aliphatic heterocycles.